The van der Waals surface area contributed by atoms with Crippen LogP contribution in [0, 0.1) is 11.8 Å². The standard InChI is InChI=1S/C9H14O4S/c1-5-6(2)14-4-3-7(5)8(10)13-9(11)12/h5-7H,3-4H2,1-2H3,(H,11,12). The molecule has 1 N–H and O–H groups in total. The number of carbonyl (C=O) groups is 2. The zero-order chi connectivity index (χ0) is 10.7. The molecule has 80 valence electrons. The Morgan fingerprint density at radius 3 is 2.64 bits per heavy atom. The second-order valence-corrected chi connectivity index (χ2v) is 5.00. The van der Waals surface area contributed by atoms with Crippen LogP contribution in [0.15, 0.2) is 0 Å². The fourth-order valence-corrected chi connectivity index (χ4v) is 2.87. The monoisotopic (exact) mass is 218 g/mol. The summed E-state index contributed by atoms with van der Waals surface area (Å²) in [7, 11) is 0. The molecule has 0 bridgehead atoms. The average Bonchev–Trinajstić information content (AvgIpc) is 2.08. The fraction of sp³-hybridized carbons (Fsp3) is 0.778. The summed E-state index contributed by atoms with van der Waals surface area (Å²) in [5, 5.41) is 8.70. The third-order valence-electron chi connectivity index (χ3n) is 2.68. The quantitative estimate of drug-likeness (QED) is 0.538. The predicted octanol–water partition coefficient (Wildman–Crippen LogP) is 1.99. The Kier molecular flexibility index (Phi) is 3.80. The first kappa shape index (κ1) is 11.4. The van der Waals surface area contributed by atoms with Crippen molar-refractivity contribution in [3.63, 3.8) is 0 Å². The highest BCUT2D eigenvalue weighted by Gasteiger charge is 2.34. The maximum atomic E-state index is 11.4. The number of thioether (sulfide) groups is 1. The van der Waals surface area contributed by atoms with E-state index < -0.39 is 12.1 Å². The van der Waals surface area contributed by atoms with Gasteiger partial charge in [0.25, 0.3) is 0 Å². The number of rotatable bonds is 1. The van der Waals surface area contributed by atoms with Crippen molar-refractivity contribution in [1.29, 1.82) is 0 Å². The van der Waals surface area contributed by atoms with Gasteiger partial charge in [-0.2, -0.15) is 11.8 Å². The van der Waals surface area contributed by atoms with Gasteiger partial charge >= 0.3 is 12.1 Å². The number of carboxylic acid groups (broad SMARTS) is 1. The van der Waals surface area contributed by atoms with E-state index in [2.05, 4.69) is 11.7 Å². The van der Waals surface area contributed by atoms with E-state index in [0.717, 1.165) is 5.75 Å². The predicted molar refractivity (Wildman–Crippen MR) is 53.3 cm³/mol. The Balaban J connectivity index is 2.57. The molecule has 4 nitrogen and oxygen atoms in total. The van der Waals surface area contributed by atoms with Gasteiger partial charge in [-0.05, 0) is 18.1 Å². The van der Waals surface area contributed by atoms with Crippen molar-refractivity contribution in [3.8, 4) is 0 Å². The lowest BCUT2D eigenvalue weighted by atomic mass is 9.89. The lowest BCUT2D eigenvalue weighted by molar-refractivity contribution is -0.145. The molecule has 0 radical (unpaired) electrons. The summed E-state index contributed by atoms with van der Waals surface area (Å²) in [5.74, 6) is 0.213. The van der Waals surface area contributed by atoms with Crippen LogP contribution in [0.25, 0.3) is 0 Å². The molecule has 0 aromatic heterocycles. The Morgan fingerprint density at radius 1 is 1.43 bits per heavy atom. The van der Waals surface area contributed by atoms with E-state index in [9.17, 15) is 9.59 Å². The Labute approximate surface area is 87.0 Å². The molecule has 0 amide bonds. The van der Waals surface area contributed by atoms with Gasteiger partial charge < -0.3 is 9.84 Å². The number of hydrogen-bond donors (Lipinski definition) is 1. The maximum absolute atomic E-state index is 11.4. The molecule has 1 aliphatic heterocycles. The molecule has 5 heteroatoms. The van der Waals surface area contributed by atoms with Crippen molar-refractivity contribution in [2.45, 2.75) is 25.5 Å². The summed E-state index contributed by atoms with van der Waals surface area (Å²) in [4.78, 5) is 21.5. The molecule has 0 aliphatic carbocycles. The van der Waals surface area contributed by atoms with Crippen molar-refractivity contribution >= 4 is 23.9 Å². The minimum atomic E-state index is -1.51. The van der Waals surface area contributed by atoms with Crippen molar-refractivity contribution in [3.05, 3.63) is 0 Å². The smallest absolute Gasteiger partial charge is 0.449 e. The number of esters is 1. The van der Waals surface area contributed by atoms with Gasteiger partial charge in [-0.25, -0.2) is 4.79 Å². The van der Waals surface area contributed by atoms with Gasteiger partial charge in [0.05, 0.1) is 5.92 Å². The minimum absolute atomic E-state index is 0.181. The molecule has 14 heavy (non-hydrogen) atoms. The number of ether oxygens (including phenoxy) is 1. The lowest BCUT2D eigenvalue weighted by Crippen LogP contribution is -2.34. The normalized spacial score (nSPS) is 32.3. The van der Waals surface area contributed by atoms with Gasteiger partial charge in [-0.1, -0.05) is 13.8 Å². The van der Waals surface area contributed by atoms with Crippen LogP contribution in [-0.4, -0.2) is 28.2 Å². The molecule has 0 saturated carbocycles. The Bertz CT molecular complexity index is 241. The van der Waals surface area contributed by atoms with Crippen molar-refractivity contribution in [2.24, 2.45) is 11.8 Å². The van der Waals surface area contributed by atoms with Crippen molar-refractivity contribution in [1.82, 2.24) is 0 Å². The summed E-state index contributed by atoms with van der Waals surface area (Å²) >= 11 is 1.81. The topological polar surface area (TPSA) is 63.6 Å². The van der Waals surface area contributed by atoms with Crippen LogP contribution in [-0.2, 0) is 9.53 Å². The van der Waals surface area contributed by atoms with E-state index in [1.807, 2.05) is 18.7 Å². The second-order valence-electron chi connectivity index (χ2n) is 3.52. The summed E-state index contributed by atoms with van der Waals surface area (Å²) in [5.41, 5.74) is 0. The highest BCUT2D eigenvalue weighted by atomic mass is 32.2. The van der Waals surface area contributed by atoms with E-state index in [1.54, 1.807) is 0 Å². The summed E-state index contributed by atoms with van der Waals surface area (Å²) in [6.07, 6.45) is -0.796. The Hall–Kier alpha value is -0.710. The van der Waals surface area contributed by atoms with Gasteiger partial charge in [0.2, 0.25) is 0 Å². The highest BCUT2D eigenvalue weighted by molar-refractivity contribution is 7.99. The zero-order valence-corrected chi connectivity index (χ0v) is 9.04. The van der Waals surface area contributed by atoms with Crippen LogP contribution in [0.1, 0.15) is 20.3 Å². The molecule has 1 saturated heterocycles. The van der Waals surface area contributed by atoms with E-state index in [-0.39, 0.29) is 11.8 Å². The first-order valence-electron chi connectivity index (χ1n) is 4.58. The molecule has 0 aromatic carbocycles. The van der Waals surface area contributed by atoms with Gasteiger partial charge in [0, 0.05) is 5.25 Å². The molecule has 1 heterocycles. The second kappa shape index (κ2) is 4.68. The van der Waals surface area contributed by atoms with Gasteiger partial charge in [0.15, 0.2) is 0 Å². The minimum Gasteiger partial charge on any atom is -0.449 e. The Morgan fingerprint density at radius 2 is 2.07 bits per heavy atom. The van der Waals surface area contributed by atoms with E-state index in [1.165, 1.54) is 0 Å². The maximum Gasteiger partial charge on any atom is 0.513 e. The molecular formula is C9H14O4S. The first-order chi connectivity index (χ1) is 6.52. The van der Waals surface area contributed by atoms with E-state index >= 15 is 0 Å². The average molecular weight is 218 g/mol. The van der Waals surface area contributed by atoms with Crippen LogP contribution in [0.5, 0.6) is 0 Å². The summed E-state index contributed by atoms with van der Waals surface area (Å²) in [6.45, 7) is 4.01. The van der Waals surface area contributed by atoms with Crippen LogP contribution in [0.4, 0.5) is 4.79 Å². The highest BCUT2D eigenvalue weighted by Crippen LogP contribution is 2.35. The third kappa shape index (κ3) is 2.64. The molecule has 1 rings (SSSR count). The molecule has 1 aliphatic rings. The molecular weight excluding hydrogens is 204 g/mol. The molecule has 3 atom stereocenters. The van der Waals surface area contributed by atoms with Gasteiger partial charge in [-0.15, -0.1) is 0 Å². The molecule has 3 unspecified atom stereocenters. The third-order valence-corrected chi connectivity index (χ3v) is 4.10. The van der Waals surface area contributed by atoms with Crippen LogP contribution in [0.3, 0.4) is 0 Å². The summed E-state index contributed by atoms with van der Waals surface area (Å²) in [6, 6.07) is 0. The van der Waals surface area contributed by atoms with Crippen LogP contribution >= 0.6 is 11.8 Å². The van der Waals surface area contributed by atoms with Crippen molar-refractivity contribution < 1.29 is 19.4 Å². The zero-order valence-electron chi connectivity index (χ0n) is 8.23. The fourth-order valence-electron chi connectivity index (χ4n) is 1.62. The van der Waals surface area contributed by atoms with E-state index in [0.29, 0.717) is 11.7 Å². The van der Waals surface area contributed by atoms with E-state index in [4.69, 9.17) is 5.11 Å². The molecule has 0 aromatic rings. The number of hydrogen-bond acceptors (Lipinski definition) is 4. The largest absolute Gasteiger partial charge is 0.513 e. The molecule has 1 fully saturated rings. The summed E-state index contributed by atoms with van der Waals surface area (Å²) < 4.78 is 4.18. The molecule has 0 spiro atoms. The SMILES string of the molecule is CC1SCCC(C(=O)OC(=O)O)C1C. The lowest BCUT2D eigenvalue weighted by Gasteiger charge is -2.31. The first-order valence-corrected chi connectivity index (χ1v) is 5.63. The number of carbonyl (C=O) groups excluding carboxylic acids is 1. The van der Waals surface area contributed by atoms with Crippen LogP contribution in [0.2, 0.25) is 0 Å². The van der Waals surface area contributed by atoms with Crippen LogP contribution < -0.4 is 0 Å². The van der Waals surface area contributed by atoms with Crippen molar-refractivity contribution in [2.75, 3.05) is 5.75 Å². The van der Waals surface area contributed by atoms with Gasteiger partial charge in [-0.3, -0.25) is 4.79 Å². The van der Waals surface area contributed by atoms with Gasteiger partial charge in [0.1, 0.15) is 0 Å².